The van der Waals surface area contributed by atoms with Crippen molar-refractivity contribution in [2.45, 2.75) is 6.92 Å². The van der Waals surface area contributed by atoms with Crippen LogP contribution in [0.1, 0.15) is 6.92 Å². The first-order valence-corrected chi connectivity index (χ1v) is 6.57. The molecule has 0 fully saturated rings. The molecule has 0 atom stereocenters. The first kappa shape index (κ1) is 10.5. The summed E-state index contributed by atoms with van der Waals surface area (Å²) in [5.41, 5.74) is 0. The van der Waals surface area contributed by atoms with Gasteiger partial charge in [0.2, 0.25) is 0 Å². The summed E-state index contributed by atoms with van der Waals surface area (Å²) >= 11 is -2.16. The van der Waals surface area contributed by atoms with Crippen molar-refractivity contribution in [3.8, 4) is 0 Å². The van der Waals surface area contributed by atoms with Crippen LogP contribution < -0.4 is 0 Å². The molecule has 0 radical (unpaired) electrons. The standard InChI is InChI=1S/C9H11IO3/c1-8(11)13-10(12-2)9-6-4-3-5-7-9/h3-7H,1-2H3. The molecule has 4 heteroatoms. The molecule has 0 saturated carbocycles. The Labute approximate surface area is 85.5 Å². The molecule has 0 amide bonds. The van der Waals surface area contributed by atoms with E-state index in [4.69, 9.17) is 6.13 Å². The second kappa shape index (κ2) is 5.18. The summed E-state index contributed by atoms with van der Waals surface area (Å²) in [5, 5.41) is 0. The molecule has 1 aromatic carbocycles. The Balaban J connectivity index is 2.73. The SMILES string of the molecule is COI(OC(C)=O)c1ccccc1. The van der Waals surface area contributed by atoms with E-state index in [9.17, 15) is 4.79 Å². The van der Waals surface area contributed by atoms with Gasteiger partial charge in [0.1, 0.15) is 0 Å². The van der Waals surface area contributed by atoms with Crippen molar-refractivity contribution in [2.24, 2.45) is 0 Å². The molecule has 0 aliphatic heterocycles. The van der Waals surface area contributed by atoms with Crippen molar-refractivity contribution < 1.29 is 10.9 Å². The summed E-state index contributed by atoms with van der Waals surface area (Å²) in [6.45, 7) is 1.40. The fourth-order valence-electron chi connectivity index (χ4n) is 0.781. The van der Waals surface area contributed by atoms with Crippen molar-refractivity contribution >= 4 is 26.6 Å². The van der Waals surface area contributed by atoms with Gasteiger partial charge in [-0.25, -0.2) is 0 Å². The van der Waals surface area contributed by atoms with Crippen molar-refractivity contribution in [3.63, 3.8) is 0 Å². The molecule has 0 unspecified atom stereocenters. The average molecular weight is 294 g/mol. The predicted molar refractivity (Wildman–Crippen MR) is 57.9 cm³/mol. The average Bonchev–Trinajstić information content (AvgIpc) is 2.15. The normalized spacial score (nSPS) is 10.8. The zero-order valence-corrected chi connectivity index (χ0v) is 9.65. The third-order valence-electron chi connectivity index (χ3n) is 1.23. The monoisotopic (exact) mass is 294 g/mol. The Kier molecular flexibility index (Phi) is 4.17. The van der Waals surface area contributed by atoms with Gasteiger partial charge in [-0.3, -0.25) is 0 Å². The quantitative estimate of drug-likeness (QED) is 0.803. The van der Waals surface area contributed by atoms with Gasteiger partial charge < -0.3 is 0 Å². The number of hydrogen-bond donors (Lipinski definition) is 0. The summed E-state index contributed by atoms with van der Waals surface area (Å²) in [7, 11) is 1.57. The Morgan fingerprint density at radius 2 is 1.92 bits per heavy atom. The van der Waals surface area contributed by atoms with Gasteiger partial charge in [0, 0.05) is 0 Å². The van der Waals surface area contributed by atoms with E-state index in [1.807, 2.05) is 30.3 Å². The topological polar surface area (TPSA) is 35.5 Å². The predicted octanol–water partition coefficient (Wildman–Crippen LogP) is 2.40. The van der Waals surface area contributed by atoms with Crippen LogP contribution in [0, 0.1) is 3.57 Å². The minimum absolute atomic E-state index is 0.282. The number of carbonyl (C=O) groups excluding carboxylic acids is 1. The summed E-state index contributed by atoms with van der Waals surface area (Å²) in [4.78, 5) is 10.7. The summed E-state index contributed by atoms with van der Waals surface area (Å²) in [6.07, 6.45) is 0. The molecule has 72 valence electrons. The number of hydrogen-bond acceptors (Lipinski definition) is 3. The van der Waals surface area contributed by atoms with E-state index in [1.54, 1.807) is 7.11 Å². The van der Waals surface area contributed by atoms with Crippen LogP contribution in [0.2, 0.25) is 0 Å². The van der Waals surface area contributed by atoms with Gasteiger partial charge in [-0.15, -0.1) is 0 Å². The molecular weight excluding hydrogens is 283 g/mol. The van der Waals surface area contributed by atoms with Gasteiger partial charge in [0.25, 0.3) is 0 Å². The van der Waals surface area contributed by atoms with E-state index >= 15 is 0 Å². The van der Waals surface area contributed by atoms with Crippen LogP contribution >= 0.6 is 20.6 Å². The fraction of sp³-hybridized carbons (Fsp3) is 0.222. The summed E-state index contributed by atoms with van der Waals surface area (Å²) in [6, 6.07) is 9.56. The van der Waals surface area contributed by atoms with Crippen LogP contribution in [0.4, 0.5) is 0 Å². The van der Waals surface area contributed by atoms with Crippen molar-refractivity contribution in [1.82, 2.24) is 0 Å². The molecular formula is C9H11IO3. The maximum absolute atomic E-state index is 10.7. The molecule has 13 heavy (non-hydrogen) atoms. The van der Waals surface area contributed by atoms with E-state index in [0.29, 0.717) is 0 Å². The molecule has 0 spiro atoms. The number of rotatable bonds is 3. The van der Waals surface area contributed by atoms with Gasteiger partial charge in [0.15, 0.2) is 0 Å². The molecule has 0 bridgehead atoms. The third-order valence-corrected chi connectivity index (χ3v) is 4.79. The van der Waals surface area contributed by atoms with Crippen LogP contribution in [0.3, 0.4) is 0 Å². The Morgan fingerprint density at radius 3 is 2.38 bits per heavy atom. The van der Waals surface area contributed by atoms with Gasteiger partial charge >= 0.3 is 85.5 Å². The second-order valence-electron chi connectivity index (χ2n) is 2.24. The van der Waals surface area contributed by atoms with E-state index in [1.165, 1.54) is 6.92 Å². The zero-order chi connectivity index (χ0) is 9.68. The Morgan fingerprint density at radius 1 is 1.31 bits per heavy atom. The van der Waals surface area contributed by atoms with E-state index in [0.717, 1.165) is 3.57 Å². The zero-order valence-electron chi connectivity index (χ0n) is 7.49. The number of halogens is 1. The van der Waals surface area contributed by atoms with E-state index < -0.39 is 20.6 Å². The van der Waals surface area contributed by atoms with Gasteiger partial charge in [-0.1, -0.05) is 0 Å². The van der Waals surface area contributed by atoms with Crippen molar-refractivity contribution in [1.29, 1.82) is 0 Å². The number of carbonyl (C=O) groups is 1. The first-order chi connectivity index (χ1) is 6.24. The molecule has 0 N–H and O–H groups in total. The fourth-order valence-corrected chi connectivity index (χ4v) is 3.29. The van der Waals surface area contributed by atoms with Crippen LogP contribution in [0.5, 0.6) is 0 Å². The number of benzene rings is 1. The molecule has 0 saturated heterocycles. The van der Waals surface area contributed by atoms with E-state index in [-0.39, 0.29) is 5.97 Å². The van der Waals surface area contributed by atoms with Gasteiger partial charge in [0.05, 0.1) is 0 Å². The molecule has 1 rings (SSSR count). The first-order valence-electron chi connectivity index (χ1n) is 3.72. The van der Waals surface area contributed by atoms with Crippen LogP contribution in [-0.2, 0) is 10.9 Å². The summed E-state index contributed by atoms with van der Waals surface area (Å²) in [5.74, 6) is -0.282. The van der Waals surface area contributed by atoms with Crippen LogP contribution in [0.15, 0.2) is 30.3 Å². The minimum atomic E-state index is -2.16. The van der Waals surface area contributed by atoms with Gasteiger partial charge in [-0.2, -0.15) is 0 Å². The van der Waals surface area contributed by atoms with E-state index in [2.05, 4.69) is 0 Å². The molecule has 0 aliphatic carbocycles. The second-order valence-corrected chi connectivity index (χ2v) is 6.04. The molecule has 0 heterocycles. The molecule has 3 nitrogen and oxygen atoms in total. The molecule has 0 aromatic heterocycles. The molecule has 0 aliphatic rings. The van der Waals surface area contributed by atoms with Gasteiger partial charge in [-0.05, 0) is 0 Å². The van der Waals surface area contributed by atoms with Crippen LogP contribution in [-0.4, -0.2) is 13.1 Å². The van der Waals surface area contributed by atoms with Crippen LogP contribution in [0.25, 0.3) is 0 Å². The van der Waals surface area contributed by atoms with Crippen molar-refractivity contribution in [2.75, 3.05) is 7.11 Å². The van der Waals surface area contributed by atoms with Crippen molar-refractivity contribution in [3.05, 3.63) is 33.9 Å². The molecule has 1 aromatic rings. The summed E-state index contributed by atoms with van der Waals surface area (Å²) < 4.78 is 11.2. The third kappa shape index (κ3) is 3.31. The maximum atomic E-state index is 10.7. The Bertz CT molecular complexity index is 273. The Hall–Kier alpha value is -0.620.